The Morgan fingerprint density at radius 1 is 1.19 bits per heavy atom. The smallest absolute Gasteiger partial charge is 0.191 e. The molecule has 27 heavy (non-hydrogen) atoms. The molecule has 0 amide bonds. The van der Waals surface area contributed by atoms with Crippen LogP contribution in [0.2, 0.25) is 0 Å². The van der Waals surface area contributed by atoms with E-state index in [1.54, 1.807) is 11.3 Å². The number of hydrogen-bond donors (Lipinski definition) is 2. The van der Waals surface area contributed by atoms with Gasteiger partial charge in [0.2, 0.25) is 0 Å². The van der Waals surface area contributed by atoms with Gasteiger partial charge in [-0.25, -0.2) is 9.98 Å². The number of aromatic nitrogens is 1. The van der Waals surface area contributed by atoms with Crippen LogP contribution in [0.1, 0.15) is 42.1 Å². The molecule has 2 rings (SSSR count). The van der Waals surface area contributed by atoms with E-state index in [0.717, 1.165) is 49.2 Å². The van der Waals surface area contributed by atoms with Crippen LogP contribution in [0.5, 0.6) is 0 Å². The van der Waals surface area contributed by atoms with E-state index in [1.807, 2.05) is 6.92 Å². The van der Waals surface area contributed by atoms with Gasteiger partial charge in [0.15, 0.2) is 5.96 Å². The highest BCUT2D eigenvalue weighted by Crippen LogP contribution is 2.12. The lowest BCUT2D eigenvalue weighted by Gasteiger charge is -2.12. The number of hydrogen-bond acceptors (Lipinski definition) is 4. The summed E-state index contributed by atoms with van der Waals surface area (Å²) in [5.74, 6) is 0.837. The highest BCUT2D eigenvalue weighted by Gasteiger charge is 2.04. The van der Waals surface area contributed by atoms with Crippen molar-refractivity contribution in [1.29, 1.82) is 0 Å². The SMILES string of the molecule is CCCOCc1ccccc1CN=C(NCC)NCCc1csc(C)n1.I. The topological polar surface area (TPSA) is 58.5 Å². The lowest BCUT2D eigenvalue weighted by Crippen LogP contribution is -2.38. The van der Waals surface area contributed by atoms with Crippen molar-refractivity contribution in [3.63, 3.8) is 0 Å². The third-order valence-electron chi connectivity index (χ3n) is 3.82. The van der Waals surface area contributed by atoms with Crippen LogP contribution in [0.15, 0.2) is 34.6 Å². The molecule has 1 aromatic carbocycles. The zero-order valence-electron chi connectivity index (χ0n) is 16.5. The largest absolute Gasteiger partial charge is 0.377 e. The molecule has 150 valence electrons. The van der Waals surface area contributed by atoms with Gasteiger partial charge in [-0.2, -0.15) is 0 Å². The zero-order valence-corrected chi connectivity index (χ0v) is 19.6. The summed E-state index contributed by atoms with van der Waals surface area (Å²) < 4.78 is 5.69. The van der Waals surface area contributed by atoms with Gasteiger partial charge in [-0.1, -0.05) is 31.2 Å². The molecule has 7 heteroatoms. The van der Waals surface area contributed by atoms with Crippen molar-refractivity contribution in [2.75, 3.05) is 19.7 Å². The molecule has 0 unspecified atom stereocenters. The van der Waals surface area contributed by atoms with Crippen molar-refractivity contribution in [3.8, 4) is 0 Å². The quantitative estimate of drug-likeness (QED) is 0.220. The number of aliphatic imine (C=N–C) groups is 1. The minimum atomic E-state index is 0. The Kier molecular flexibility index (Phi) is 12.3. The van der Waals surface area contributed by atoms with E-state index in [4.69, 9.17) is 9.73 Å². The summed E-state index contributed by atoms with van der Waals surface area (Å²) in [4.78, 5) is 9.23. The predicted octanol–water partition coefficient (Wildman–Crippen LogP) is 4.29. The first-order chi connectivity index (χ1) is 12.7. The van der Waals surface area contributed by atoms with Crippen LogP contribution in [0.25, 0.3) is 0 Å². The minimum absolute atomic E-state index is 0. The highest BCUT2D eigenvalue weighted by molar-refractivity contribution is 14.0. The number of guanidine groups is 1. The zero-order chi connectivity index (χ0) is 18.6. The Bertz CT molecular complexity index is 690. The number of halogens is 1. The van der Waals surface area contributed by atoms with Crippen molar-refractivity contribution in [3.05, 3.63) is 51.5 Å². The molecule has 0 bridgehead atoms. The minimum Gasteiger partial charge on any atom is -0.377 e. The van der Waals surface area contributed by atoms with E-state index in [-0.39, 0.29) is 24.0 Å². The van der Waals surface area contributed by atoms with Crippen LogP contribution in [0.4, 0.5) is 0 Å². The van der Waals surface area contributed by atoms with Crippen molar-refractivity contribution in [1.82, 2.24) is 15.6 Å². The summed E-state index contributed by atoms with van der Waals surface area (Å²) in [5, 5.41) is 9.93. The normalized spacial score (nSPS) is 11.1. The van der Waals surface area contributed by atoms with Gasteiger partial charge >= 0.3 is 0 Å². The van der Waals surface area contributed by atoms with Crippen LogP contribution in [0, 0.1) is 6.92 Å². The summed E-state index contributed by atoms with van der Waals surface area (Å²) in [6.07, 6.45) is 1.93. The van der Waals surface area contributed by atoms with E-state index in [2.05, 4.69) is 59.1 Å². The van der Waals surface area contributed by atoms with Crippen molar-refractivity contribution < 1.29 is 4.74 Å². The van der Waals surface area contributed by atoms with E-state index < -0.39 is 0 Å². The maximum atomic E-state index is 5.69. The van der Waals surface area contributed by atoms with Crippen molar-refractivity contribution >= 4 is 41.3 Å². The van der Waals surface area contributed by atoms with E-state index >= 15 is 0 Å². The molecule has 1 heterocycles. The molecule has 0 aliphatic heterocycles. The van der Waals surface area contributed by atoms with Gasteiger partial charge in [0, 0.05) is 31.5 Å². The number of thiazole rings is 1. The first-order valence-corrected chi connectivity index (χ1v) is 10.2. The van der Waals surface area contributed by atoms with Crippen LogP contribution in [-0.2, 0) is 24.3 Å². The van der Waals surface area contributed by atoms with Gasteiger partial charge in [0.1, 0.15) is 0 Å². The highest BCUT2D eigenvalue weighted by atomic mass is 127. The molecule has 0 saturated carbocycles. The van der Waals surface area contributed by atoms with E-state index in [0.29, 0.717) is 13.2 Å². The first-order valence-electron chi connectivity index (χ1n) is 9.30. The molecule has 5 nitrogen and oxygen atoms in total. The average molecular weight is 502 g/mol. The van der Waals surface area contributed by atoms with Gasteiger partial charge in [-0.15, -0.1) is 35.3 Å². The molecule has 0 spiro atoms. The average Bonchev–Trinajstić information content (AvgIpc) is 3.06. The van der Waals surface area contributed by atoms with E-state index in [1.165, 1.54) is 11.1 Å². The third-order valence-corrected chi connectivity index (χ3v) is 4.64. The van der Waals surface area contributed by atoms with Crippen LogP contribution in [0.3, 0.4) is 0 Å². The first kappa shape index (κ1) is 23.8. The Morgan fingerprint density at radius 2 is 1.96 bits per heavy atom. The number of nitrogens with one attached hydrogen (secondary N) is 2. The van der Waals surface area contributed by atoms with E-state index in [9.17, 15) is 0 Å². The Hall–Kier alpha value is -1.19. The van der Waals surface area contributed by atoms with Gasteiger partial charge in [-0.05, 0) is 31.4 Å². The van der Waals surface area contributed by atoms with Crippen molar-refractivity contribution in [2.45, 2.75) is 46.8 Å². The Labute approximate surface area is 184 Å². The fourth-order valence-corrected chi connectivity index (χ4v) is 3.16. The second-order valence-electron chi connectivity index (χ2n) is 6.05. The molecule has 2 aromatic rings. The van der Waals surface area contributed by atoms with Gasteiger partial charge in [-0.3, -0.25) is 0 Å². The molecule has 0 saturated heterocycles. The van der Waals surface area contributed by atoms with Gasteiger partial charge < -0.3 is 15.4 Å². The van der Waals surface area contributed by atoms with Gasteiger partial charge in [0.25, 0.3) is 0 Å². The molecule has 0 aliphatic carbocycles. The predicted molar refractivity (Wildman–Crippen MR) is 125 cm³/mol. The second kappa shape index (κ2) is 13.9. The molecule has 1 aromatic heterocycles. The third kappa shape index (κ3) is 9.03. The maximum Gasteiger partial charge on any atom is 0.191 e. The Morgan fingerprint density at radius 3 is 2.63 bits per heavy atom. The number of rotatable bonds is 10. The molecular weight excluding hydrogens is 471 g/mol. The number of benzene rings is 1. The van der Waals surface area contributed by atoms with Crippen LogP contribution >= 0.6 is 35.3 Å². The lowest BCUT2D eigenvalue weighted by molar-refractivity contribution is 0.121. The maximum absolute atomic E-state index is 5.69. The second-order valence-corrected chi connectivity index (χ2v) is 7.11. The number of ether oxygens (including phenoxy) is 1. The molecular formula is C20H31IN4OS. The summed E-state index contributed by atoms with van der Waals surface area (Å²) in [6.45, 7) is 9.96. The fraction of sp³-hybridized carbons (Fsp3) is 0.500. The lowest BCUT2D eigenvalue weighted by atomic mass is 10.1. The molecule has 0 atom stereocenters. The molecule has 0 aliphatic rings. The number of nitrogens with zero attached hydrogens (tertiary/aromatic N) is 2. The standard InChI is InChI=1S/C20H30N4OS.HI/c1-4-12-25-14-18-9-7-6-8-17(18)13-23-20(21-5-2)22-11-10-19-15-26-16(3)24-19;/h6-9,15H,4-5,10-14H2,1-3H3,(H2,21,22,23);1H. The molecule has 0 fully saturated rings. The van der Waals surface area contributed by atoms with Crippen molar-refractivity contribution in [2.24, 2.45) is 4.99 Å². The summed E-state index contributed by atoms with van der Waals surface area (Å²) in [5.41, 5.74) is 3.55. The molecule has 0 radical (unpaired) electrons. The Balaban J connectivity index is 0.00000364. The summed E-state index contributed by atoms with van der Waals surface area (Å²) in [7, 11) is 0. The molecule has 2 N–H and O–H groups in total. The van der Waals surface area contributed by atoms with Gasteiger partial charge in [0.05, 0.1) is 23.9 Å². The summed E-state index contributed by atoms with van der Waals surface area (Å²) in [6, 6.07) is 8.34. The summed E-state index contributed by atoms with van der Waals surface area (Å²) >= 11 is 1.69. The van der Waals surface area contributed by atoms with Crippen LogP contribution < -0.4 is 10.6 Å². The number of aryl methyl sites for hydroxylation is 1. The van der Waals surface area contributed by atoms with Crippen LogP contribution in [-0.4, -0.2) is 30.6 Å². The monoisotopic (exact) mass is 502 g/mol. The fourth-order valence-electron chi connectivity index (χ4n) is 2.52.